The molecule has 3 rings (SSSR count). The molecule has 1 aromatic carbocycles. The second-order valence-electron chi connectivity index (χ2n) is 5.53. The highest BCUT2D eigenvalue weighted by Crippen LogP contribution is 2.22. The van der Waals surface area contributed by atoms with Crippen LogP contribution in [0, 0.1) is 5.92 Å². The van der Waals surface area contributed by atoms with Crippen molar-refractivity contribution in [2.24, 2.45) is 11.7 Å². The first-order valence-electron chi connectivity index (χ1n) is 7.28. The summed E-state index contributed by atoms with van der Waals surface area (Å²) in [6.45, 7) is 3.84. The summed E-state index contributed by atoms with van der Waals surface area (Å²) in [6, 6.07) is 12.1. The highest BCUT2D eigenvalue weighted by molar-refractivity contribution is 5.56. The van der Waals surface area contributed by atoms with E-state index in [0.29, 0.717) is 5.92 Å². The fourth-order valence-corrected chi connectivity index (χ4v) is 2.84. The fraction of sp³-hybridized carbons (Fsp3) is 0.438. The van der Waals surface area contributed by atoms with E-state index in [9.17, 15) is 0 Å². The Labute approximate surface area is 119 Å². The fourth-order valence-electron chi connectivity index (χ4n) is 2.84. The van der Waals surface area contributed by atoms with E-state index >= 15 is 0 Å². The molecule has 0 amide bonds. The predicted octanol–water partition coefficient (Wildman–Crippen LogP) is 2.51. The number of nitrogens with zero attached hydrogens (tertiary/aromatic N) is 2. The first kappa shape index (κ1) is 13.3. The van der Waals surface area contributed by atoms with Crippen LogP contribution in [0.15, 0.2) is 40.9 Å². The number of rotatable bonds is 4. The van der Waals surface area contributed by atoms with Crippen molar-refractivity contribution >= 4 is 0 Å². The van der Waals surface area contributed by atoms with Gasteiger partial charge in [0.05, 0.1) is 5.69 Å². The van der Waals surface area contributed by atoms with E-state index in [1.807, 2.05) is 36.4 Å². The van der Waals surface area contributed by atoms with Crippen molar-refractivity contribution in [3.63, 3.8) is 0 Å². The zero-order valence-electron chi connectivity index (χ0n) is 11.7. The monoisotopic (exact) mass is 271 g/mol. The lowest BCUT2D eigenvalue weighted by molar-refractivity contribution is 0.167. The van der Waals surface area contributed by atoms with Crippen LogP contribution in [0.3, 0.4) is 0 Å². The van der Waals surface area contributed by atoms with Crippen LogP contribution in [0.5, 0.6) is 0 Å². The Bertz CT molecular complexity index is 538. The average Bonchev–Trinajstić information content (AvgIpc) is 2.97. The third-order valence-electron chi connectivity index (χ3n) is 3.94. The molecule has 1 fully saturated rings. The highest BCUT2D eigenvalue weighted by atomic mass is 16.5. The first-order valence-corrected chi connectivity index (χ1v) is 7.28. The Balaban J connectivity index is 1.65. The van der Waals surface area contributed by atoms with Gasteiger partial charge in [-0.25, -0.2) is 0 Å². The van der Waals surface area contributed by atoms with Crippen molar-refractivity contribution in [1.82, 2.24) is 10.1 Å². The van der Waals surface area contributed by atoms with E-state index in [-0.39, 0.29) is 0 Å². The molecular formula is C16H21N3O. The molecule has 2 heterocycles. The molecule has 0 bridgehead atoms. The molecule has 1 aromatic heterocycles. The van der Waals surface area contributed by atoms with Gasteiger partial charge in [0.25, 0.3) is 0 Å². The normalized spacial score (nSPS) is 20.1. The van der Waals surface area contributed by atoms with Gasteiger partial charge in [0.2, 0.25) is 0 Å². The van der Waals surface area contributed by atoms with E-state index in [4.69, 9.17) is 10.3 Å². The van der Waals surface area contributed by atoms with Gasteiger partial charge in [-0.05, 0) is 31.8 Å². The van der Waals surface area contributed by atoms with Crippen molar-refractivity contribution in [2.45, 2.75) is 19.4 Å². The third-order valence-corrected chi connectivity index (χ3v) is 3.94. The number of benzene rings is 1. The summed E-state index contributed by atoms with van der Waals surface area (Å²) in [5.74, 6) is 1.47. The minimum Gasteiger partial charge on any atom is -0.356 e. The molecule has 0 radical (unpaired) electrons. The summed E-state index contributed by atoms with van der Waals surface area (Å²) in [5, 5.41) is 4.19. The Kier molecular flexibility index (Phi) is 4.14. The van der Waals surface area contributed by atoms with Gasteiger partial charge < -0.3 is 10.3 Å². The summed E-state index contributed by atoms with van der Waals surface area (Å²) in [6.07, 6.45) is 2.48. The topological polar surface area (TPSA) is 55.3 Å². The van der Waals surface area contributed by atoms with Gasteiger partial charge in [0.1, 0.15) is 0 Å². The summed E-state index contributed by atoms with van der Waals surface area (Å²) < 4.78 is 5.44. The molecule has 1 aliphatic heterocycles. The lowest BCUT2D eigenvalue weighted by atomic mass is 9.98. The van der Waals surface area contributed by atoms with Gasteiger partial charge in [-0.15, -0.1) is 0 Å². The van der Waals surface area contributed by atoms with E-state index in [0.717, 1.165) is 43.2 Å². The SMILES string of the molecule is NCC1CCCN(Cc2cc(-c3ccccc3)on2)C1. The molecule has 106 valence electrons. The summed E-state index contributed by atoms with van der Waals surface area (Å²) >= 11 is 0. The van der Waals surface area contributed by atoms with Crippen molar-refractivity contribution in [2.75, 3.05) is 19.6 Å². The maximum atomic E-state index is 5.78. The van der Waals surface area contributed by atoms with Crippen molar-refractivity contribution < 1.29 is 4.52 Å². The zero-order chi connectivity index (χ0) is 13.8. The van der Waals surface area contributed by atoms with Gasteiger partial charge >= 0.3 is 0 Å². The van der Waals surface area contributed by atoms with Crippen LogP contribution in [0.4, 0.5) is 0 Å². The second-order valence-corrected chi connectivity index (χ2v) is 5.53. The Morgan fingerprint density at radius 1 is 1.30 bits per heavy atom. The number of nitrogens with two attached hydrogens (primary N) is 1. The van der Waals surface area contributed by atoms with E-state index in [2.05, 4.69) is 10.1 Å². The van der Waals surface area contributed by atoms with Crippen LogP contribution in [0.1, 0.15) is 18.5 Å². The van der Waals surface area contributed by atoms with Crippen LogP contribution in [0.2, 0.25) is 0 Å². The molecule has 1 aliphatic rings. The Hall–Kier alpha value is -1.65. The minimum atomic E-state index is 0.629. The molecule has 4 heteroatoms. The second kappa shape index (κ2) is 6.20. The minimum absolute atomic E-state index is 0.629. The van der Waals surface area contributed by atoms with Gasteiger partial charge in [-0.2, -0.15) is 0 Å². The molecule has 0 spiro atoms. The molecule has 1 unspecified atom stereocenters. The van der Waals surface area contributed by atoms with Crippen LogP contribution in [0.25, 0.3) is 11.3 Å². The molecule has 0 saturated carbocycles. The average molecular weight is 271 g/mol. The molecule has 1 atom stereocenters. The lowest BCUT2D eigenvalue weighted by Crippen LogP contribution is -2.37. The Morgan fingerprint density at radius 2 is 2.15 bits per heavy atom. The number of hydrogen-bond acceptors (Lipinski definition) is 4. The maximum Gasteiger partial charge on any atom is 0.167 e. The van der Waals surface area contributed by atoms with E-state index < -0.39 is 0 Å². The highest BCUT2D eigenvalue weighted by Gasteiger charge is 2.19. The maximum absolute atomic E-state index is 5.78. The van der Waals surface area contributed by atoms with Crippen LogP contribution < -0.4 is 5.73 Å². The van der Waals surface area contributed by atoms with Crippen molar-refractivity contribution in [1.29, 1.82) is 0 Å². The zero-order valence-corrected chi connectivity index (χ0v) is 11.7. The summed E-state index contributed by atoms with van der Waals surface area (Å²) in [7, 11) is 0. The van der Waals surface area contributed by atoms with Crippen molar-refractivity contribution in [3.05, 3.63) is 42.1 Å². The first-order chi connectivity index (χ1) is 9.85. The van der Waals surface area contributed by atoms with Gasteiger partial charge in [-0.1, -0.05) is 35.5 Å². The molecule has 4 nitrogen and oxygen atoms in total. The van der Waals surface area contributed by atoms with Gasteiger partial charge in [0, 0.05) is 24.7 Å². The number of aromatic nitrogens is 1. The Morgan fingerprint density at radius 3 is 2.95 bits per heavy atom. The van der Waals surface area contributed by atoms with Crippen molar-refractivity contribution in [3.8, 4) is 11.3 Å². The number of likely N-dealkylation sites (tertiary alicyclic amines) is 1. The van der Waals surface area contributed by atoms with Crippen LogP contribution in [-0.2, 0) is 6.54 Å². The molecule has 20 heavy (non-hydrogen) atoms. The molecule has 2 N–H and O–H groups in total. The van der Waals surface area contributed by atoms with Crippen LogP contribution >= 0.6 is 0 Å². The molecule has 1 saturated heterocycles. The largest absolute Gasteiger partial charge is 0.356 e. The quantitative estimate of drug-likeness (QED) is 0.928. The lowest BCUT2D eigenvalue weighted by Gasteiger charge is -2.31. The standard InChI is InChI=1S/C16H21N3O/c17-10-13-5-4-8-19(11-13)12-15-9-16(20-18-15)14-6-2-1-3-7-14/h1-3,6-7,9,13H,4-5,8,10-12,17H2. The molecular weight excluding hydrogens is 250 g/mol. The predicted molar refractivity (Wildman–Crippen MR) is 79.0 cm³/mol. The van der Waals surface area contributed by atoms with Crippen LogP contribution in [-0.4, -0.2) is 29.7 Å². The van der Waals surface area contributed by atoms with E-state index in [1.165, 1.54) is 12.8 Å². The third kappa shape index (κ3) is 3.08. The smallest absolute Gasteiger partial charge is 0.167 e. The van der Waals surface area contributed by atoms with Gasteiger partial charge in [-0.3, -0.25) is 4.90 Å². The summed E-state index contributed by atoms with van der Waals surface area (Å²) in [4.78, 5) is 2.42. The number of piperidine rings is 1. The summed E-state index contributed by atoms with van der Waals surface area (Å²) in [5.41, 5.74) is 7.85. The number of hydrogen-bond donors (Lipinski definition) is 1. The van der Waals surface area contributed by atoms with E-state index in [1.54, 1.807) is 0 Å². The molecule has 0 aliphatic carbocycles. The molecule has 2 aromatic rings. The van der Waals surface area contributed by atoms with Gasteiger partial charge in [0.15, 0.2) is 5.76 Å².